The number of ether oxygens (including phenoxy) is 1. The summed E-state index contributed by atoms with van der Waals surface area (Å²) in [5, 5.41) is 13.9. The number of nitro groups is 1. The van der Waals surface area contributed by atoms with Gasteiger partial charge in [0.15, 0.2) is 5.78 Å². The Hall–Kier alpha value is -3.19. The number of morpholine rings is 1. The molecule has 2 aromatic rings. The number of nitrogens with zero attached hydrogens (tertiary/aromatic N) is 2. The fraction of sp³-hybridized carbons (Fsp3) is 0.250. The molecule has 7 heteroatoms. The third-order valence-corrected chi connectivity index (χ3v) is 4.44. The van der Waals surface area contributed by atoms with Gasteiger partial charge in [-0.2, -0.15) is 0 Å². The van der Waals surface area contributed by atoms with E-state index in [-0.39, 0.29) is 11.5 Å². The van der Waals surface area contributed by atoms with Gasteiger partial charge in [-0.15, -0.1) is 0 Å². The minimum atomic E-state index is -0.449. The maximum atomic E-state index is 12.4. The summed E-state index contributed by atoms with van der Waals surface area (Å²) in [6.45, 7) is 3.10. The fourth-order valence-corrected chi connectivity index (χ4v) is 2.94. The van der Waals surface area contributed by atoms with E-state index in [0.29, 0.717) is 30.0 Å². The van der Waals surface area contributed by atoms with Crippen molar-refractivity contribution in [2.75, 3.05) is 43.6 Å². The van der Waals surface area contributed by atoms with E-state index in [4.69, 9.17) is 4.74 Å². The zero-order chi connectivity index (χ0) is 19.2. The number of allylic oxidation sites excluding steroid dienone is 1. The van der Waals surface area contributed by atoms with E-state index in [2.05, 4.69) is 10.2 Å². The summed E-state index contributed by atoms with van der Waals surface area (Å²) in [5.74, 6) is -0.149. The molecular formula is C20H21N3O4. The molecular weight excluding hydrogens is 346 g/mol. The van der Waals surface area contributed by atoms with Crippen LogP contribution in [0.2, 0.25) is 0 Å². The first kappa shape index (κ1) is 18.6. The molecule has 1 saturated heterocycles. The molecule has 0 spiro atoms. The maximum Gasteiger partial charge on any atom is 0.292 e. The topological polar surface area (TPSA) is 84.7 Å². The van der Waals surface area contributed by atoms with Gasteiger partial charge in [0.25, 0.3) is 5.69 Å². The fourth-order valence-electron chi connectivity index (χ4n) is 2.94. The lowest BCUT2D eigenvalue weighted by atomic mass is 10.1. The van der Waals surface area contributed by atoms with E-state index in [1.807, 2.05) is 12.1 Å². The third-order valence-electron chi connectivity index (χ3n) is 4.44. The number of anilines is 2. The summed E-state index contributed by atoms with van der Waals surface area (Å²) in [6, 6.07) is 12.2. The molecule has 2 aromatic carbocycles. The molecule has 3 rings (SSSR count). The molecule has 1 N–H and O–H groups in total. The van der Waals surface area contributed by atoms with E-state index in [0.717, 1.165) is 18.8 Å². The van der Waals surface area contributed by atoms with Crippen molar-refractivity contribution in [3.05, 3.63) is 69.8 Å². The number of nitrogens with one attached hydrogen (secondary N) is 1. The number of hydrogen-bond acceptors (Lipinski definition) is 6. The van der Waals surface area contributed by atoms with Crippen LogP contribution in [0.5, 0.6) is 0 Å². The summed E-state index contributed by atoms with van der Waals surface area (Å²) in [5.41, 5.74) is 2.64. The number of ketones is 1. The highest BCUT2D eigenvalue weighted by atomic mass is 16.6. The second-order valence-electron chi connectivity index (χ2n) is 6.13. The lowest BCUT2D eigenvalue weighted by molar-refractivity contribution is -0.383. The van der Waals surface area contributed by atoms with E-state index < -0.39 is 4.92 Å². The maximum absolute atomic E-state index is 12.4. The van der Waals surface area contributed by atoms with E-state index in [1.54, 1.807) is 37.4 Å². The van der Waals surface area contributed by atoms with Gasteiger partial charge in [0.1, 0.15) is 5.69 Å². The highest BCUT2D eigenvalue weighted by Crippen LogP contribution is 2.25. The number of nitro benzene ring substituents is 1. The molecule has 0 aliphatic carbocycles. The van der Waals surface area contributed by atoms with Crippen LogP contribution in [0.4, 0.5) is 17.1 Å². The van der Waals surface area contributed by atoms with Gasteiger partial charge in [-0.1, -0.05) is 12.1 Å². The van der Waals surface area contributed by atoms with E-state index >= 15 is 0 Å². The SMILES string of the molecule is CNc1ccc(C=CC(=O)c2ccc(N3CCOCC3)cc2)cc1[N+](=O)[O-]. The van der Waals surface area contributed by atoms with Crippen molar-refractivity contribution in [1.29, 1.82) is 0 Å². The van der Waals surface area contributed by atoms with Crippen LogP contribution in [-0.2, 0) is 4.74 Å². The predicted octanol–water partition coefficient (Wildman–Crippen LogP) is 3.37. The van der Waals surface area contributed by atoms with Crippen molar-refractivity contribution in [3.63, 3.8) is 0 Å². The molecule has 0 atom stereocenters. The Morgan fingerprint density at radius 3 is 2.52 bits per heavy atom. The summed E-state index contributed by atoms with van der Waals surface area (Å²) >= 11 is 0. The van der Waals surface area contributed by atoms with Crippen molar-refractivity contribution < 1.29 is 14.5 Å². The summed E-state index contributed by atoms with van der Waals surface area (Å²) in [6.07, 6.45) is 3.02. The van der Waals surface area contributed by atoms with Crippen LogP contribution >= 0.6 is 0 Å². The molecule has 1 aliphatic rings. The molecule has 0 amide bonds. The average Bonchev–Trinajstić information content (AvgIpc) is 2.72. The highest BCUT2D eigenvalue weighted by Gasteiger charge is 2.13. The van der Waals surface area contributed by atoms with Crippen LogP contribution in [0.1, 0.15) is 15.9 Å². The van der Waals surface area contributed by atoms with Crippen LogP contribution in [0.25, 0.3) is 6.08 Å². The molecule has 1 aliphatic heterocycles. The van der Waals surface area contributed by atoms with Gasteiger partial charge in [0.2, 0.25) is 0 Å². The lowest BCUT2D eigenvalue weighted by Crippen LogP contribution is -2.36. The normalized spacial score (nSPS) is 14.3. The summed E-state index contributed by atoms with van der Waals surface area (Å²) in [7, 11) is 1.63. The van der Waals surface area contributed by atoms with Gasteiger partial charge in [-0.3, -0.25) is 14.9 Å². The van der Waals surface area contributed by atoms with Gasteiger partial charge in [0.05, 0.1) is 18.1 Å². The van der Waals surface area contributed by atoms with Crippen molar-refractivity contribution >= 4 is 28.9 Å². The van der Waals surface area contributed by atoms with E-state index in [9.17, 15) is 14.9 Å². The Balaban J connectivity index is 1.71. The molecule has 0 aromatic heterocycles. The number of benzene rings is 2. The number of hydrogen-bond donors (Lipinski definition) is 1. The highest BCUT2D eigenvalue weighted by molar-refractivity contribution is 6.07. The van der Waals surface area contributed by atoms with Crippen molar-refractivity contribution in [2.45, 2.75) is 0 Å². The Bertz CT molecular complexity index is 856. The molecule has 1 fully saturated rings. The Morgan fingerprint density at radius 2 is 1.89 bits per heavy atom. The minimum absolute atomic E-state index is 0.0260. The molecule has 0 bridgehead atoms. The van der Waals surface area contributed by atoms with Gasteiger partial charge in [-0.25, -0.2) is 0 Å². The second-order valence-corrected chi connectivity index (χ2v) is 6.13. The Kier molecular flexibility index (Phi) is 5.83. The second kappa shape index (κ2) is 8.46. The first-order chi connectivity index (χ1) is 13.1. The smallest absolute Gasteiger partial charge is 0.292 e. The predicted molar refractivity (Wildman–Crippen MR) is 105 cm³/mol. The molecule has 140 valence electrons. The van der Waals surface area contributed by atoms with Gasteiger partial charge >= 0.3 is 0 Å². The van der Waals surface area contributed by atoms with E-state index in [1.165, 1.54) is 12.1 Å². The van der Waals surface area contributed by atoms with Crippen molar-refractivity contribution in [1.82, 2.24) is 0 Å². The van der Waals surface area contributed by atoms with Crippen molar-refractivity contribution in [2.24, 2.45) is 0 Å². The van der Waals surface area contributed by atoms with Crippen molar-refractivity contribution in [3.8, 4) is 0 Å². The minimum Gasteiger partial charge on any atom is -0.383 e. The standard InChI is InChI=1S/C20H21N3O4/c1-21-18-8-2-15(14-19(18)23(25)26)3-9-20(24)16-4-6-17(7-5-16)22-10-12-27-13-11-22/h2-9,14,21H,10-13H2,1H3. The molecule has 0 saturated carbocycles. The van der Waals surface area contributed by atoms with Crippen LogP contribution < -0.4 is 10.2 Å². The lowest BCUT2D eigenvalue weighted by Gasteiger charge is -2.28. The third kappa shape index (κ3) is 4.51. The monoisotopic (exact) mass is 367 g/mol. The Labute approximate surface area is 157 Å². The van der Waals surface area contributed by atoms with Gasteiger partial charge in [0, 0.05) is 37.5 Å². The number of carbonyl (C=O) groups is 1. The van der Waals surface area contributed by atoms with Gasteiger partial charge < -0.3 is 15.0 Å². The first-order valence-electron chi connectivity index (χ1n) is 8.70. The Morgan fingerprint density at radius 1 is 1.19 bits per heavy atom. The zero-order valence-electron chi connectivity index (χ0n) is 15.1. The molecule has 7 nitrogen and oxygen atoms in total. The van der Waals surface area contributed by atoms with Crippen LogP contribution in [0.3, 0.4) is 0 Å². The summed E-state index contributed by atoms with van der Waals surface area (Å²) in [4.78, 5) is 25.3. The quantitative estimate of drug-likeness (QED) is 0.365. The largest absolute Gasteiger partial charge is 0.383 e. The number of carbonyl (C=O) groups excluding carboxylic acids is 1. The first-order valence-corrected chi connectivity index (χ1v) is 8.70. The van der Waals surface area contributed by atoms with Crippen LogP contribution in [0, 0.1) is 10.1 Å². The molecule has 1 heterocycles. The van der Waals surface area contributed by atoms with Gasteiger partial charge in [-0.05, 0) is 42.0 Å². The molecule has 27 heavy (non-hydrogen) atoms. The van der Waals surface area contributed by atoms with Crippen LogP contribution in [0.15, 0.2) is 48.5 Å². The van der Waals surface area contributed by atoms with Crippen LogP contribution in [-0.4, -0.2) is 44.1 Å². The zero-order valence-corrected chi connectivity index (χ0v) is 15.1. The molecule has 0 radical (unpaired) electrons. The average molecular weight is 367 g/mol. The number of rotatable bonds is 6. The molecule has 0 unspecified atom stereocenters. The summed E-state index contributed by atoms with van der Waals surface area (Å²) < 4.78 is 5.34.